The number of aromatic nitrogens is 2. The highest BCUT2D eigenvalue weighted by Crippen LogP contribution is 2.31. The third-order valence-electron chi connectivity index (χ3n) is 5.01. The number of fused-ring (bicyclic) bond motifs is 1. The summed E-state index contributed by atoms with van der Waals surface area (Å²) in [6.45, 7) is 4.45. The van der Waals surface area contributed by atoms with E-state index >= 15 is 0 Å². The molecule has 1 aliphatic rings. The SMILES string of the molecule is COc1ccc2c(N3CCC(C(C)CN[SH](=O)=O)CC3)ncnc2c1. The van der Waals surface area contributed by atoms with Gasteiger partial charge in [-0.1, -0.05) is 6.92 Å². The normalized spacial score (nSPS) is 17.2. The van der Waals surface area contributed by atoms with E-state index in [9.17, 15) is 8.42 Å². The van der Waals surface area contributed by atoms with Gasteiger partial charge in [-0.15, -0.1) is 0 Å². The number of nitrogens with one attached hydrogen (secondary N) is 1. The molecule has 2 aromatic rings. The molecule has 1 aromatic carbocycles. The van der Waals surface area contributed by atoms with Gasteiger partial charge in [0.25, 0.3) is 0 Å². The number of ether oxygens (including phenoxy) is 1. The first kappa shape index (κ1) is 17.9. The molecule has 0 amide bonds. The van der Waals surface area contributed by atoms with Crippen LogP contribution >= 0.6 is 0 Å². The lowest BCUT2D eigenvalue weighted by Gasteiger charge is -2.35. The predicted molar refractivity (Wildman–Crippen MR) is 98.5 cm³/mol. The van der Waals surface area contributed by atoms with Crippen LogP contribution in [0.3, 0.4) is 0 Å². The van der Waals surface area contributed by atoms with Gasteiger partial charge in [0.1, 0.15) is 17.9 Å². The Morgan fingerprint density at radius 3 is 2.76 bits per heavy atom. The molecule has 3 rings (SSSR count). The van der Waals surface area contributed by atoms with Crippen molar-refractivity contribution >= 4 is 27.6 Å². The maximum atomic E-state index is 10.7. The molecular formula is C17H24N4O3S. The standard InChI is InChI=1S/C17H24N4O3S/c1-12(10-20-25(22)23)13-5-7-21(8-6-13)17-15-4-3-14(24-2)9-16(15)18-11-19-17/h3-4,9,11-13,25H,5-8,10H2,1-2H3,(H,20,22,23). The van der Waals surface area contributed by atoms with Crippen molar-refractivity contribution < 1.29 is 13.2 Å². The third kappa shape index (κ3) is 4.19. The van der Waals surface area contributed by atoms with Crippen LogP contribution in [-0.2, 0) is 10.9 Å². The Bertz CT molecular complexity index is 796. The highest BCUT2D eigenvalue weighted by Gasteiger charge is 2.25. The van der Waals surface area contributed by atoms with Gasteiger partial charge in [-0.3, -0.25) is 0 Å². The maximum absolute atomic E-state index is 10.7. The molecule has 25 heavy (non-hydrogen) atoms. The second-order valence-electron chi connectivity index (χ2n) is 6.50. The van der Waals surface area contributed by atoms with E-state index in [1.165, 1.54) is 0 Å². The number of nitrogens with zero attached hydrogens (tertiary/aromatic N) is 3. The van der Waals surface area contributed by atoms with E-state index in [0.717, 1.165) is 48.4 Å². The Labute approximate surface area is 149 Å². The van der Waals surface area contributed by atoms with Crippen LogP contribution in [0.5, 0.6) is 5.75 Å². The monoisotopic (exact) mass is 364 g/mol. The average Bonchev–Trinajstić information content (AvgIpc) is 2.65. The summed E-state index contributed by atoms with van der Waals surface area (Å²) in [6.07, 6.45) is 3.65. The predicted octanol–water partition coefficient (Wildman–Crippen LogP) is 1.61. The second kappa shape index (κ2) is 7.97. The molecular weight excluding hydrogens is 340 g/mol. The maximum Gasteiger partial charge on any atom is 0.201 e. The molecule has 1 aromatic heterocycles. The van der Waals surface area contributed by atoms with Crippen molar-refractivity contribution in [1.82, 2.24) is 14.7 Å². The Balaban J connectivity index is 1.70. The van der Waals surface area contributed by atoms with Gasteiger partial charge in [0.15, 0.2) is 0 Å². The van der Waals surface area contributed by atoms with Gasteiger partial charge in [-0.25, -0.2) is 23.1 Å². The Kier molecular flexibility index (Phi) is 5.70. The first-order valence-electron chi connectivity index (χ1n) is 8.50. The van der Waals surface area contributed by atoms with Crippen LogP contribution in [0.2, 0.25) is 0 Å². The van der Waals surface area contributed by atoms with Crippen LogP contribution in [0.1, 0.15) is 19.8 Å². The van der Waals surface area contributed by atoms with Crippen molar-refractivity contribution in [2.75, 3.05) is 31.6 Å². The molecule has 0 aliphatic carbocycles. The summed E-state index contributed by atoms with van der Waals surface area (Å²) in [7, 11) is -0.865. The van der Waals surface area contributed by atoms with Gasteiger partial charge in [0.05, 0.1) is 12.6 Å². The van der Waals surface area contributed by atoms with Crippen LogP contribution in [0, 0.1) is 11.8 Å². The molecule has 1 fully saturated rings. The van der Waals surface area contributed by atoms with Gasteiger partial charge in [-0.05, 0) is 36.8 Å². The minimum atomic E-state index is -2.51. The zero-order valence-electron chi connectivity index (χ0n) is 14.5. The molecule has 8 heteroatoms. The number of methoxy groups -OCH3 is 1. The summed E-state index contributed by atoms with van der Waals surface area (Å²) in [6, 6.07) is 5.86. The molecule has 136 valence electrons. The van der Waals surface area contributed by atoms with Crippen LogP contribution in [0.25, 0.3) is 10.9 Å². The number of rotatable bonds is 6. The van der Waals surface area contributed by atoms with E-state index in [4.69, 9.17) is 4.74 Å². The van der Waals surface area contributed by atoms with Crippen molar-refractivity contribution in [3.63, 3.8) is 0 Å². The molecule has 0 radical (unpaired) electrons. The van der Waals surface area contributed by atoms with Crippen LogP contribution in [-0.4, -0.2) is 45.1 Å². The van der Waals surface area contributed by atoms with Crippen molar-refractivity contribution in [3.05, 3.63) is 24.5 Å². The quantitative estimate of drug-likeness (QED) is 0.758. The Morgan fingerprint density at radius 1 is 1.32 bits per heavy atom. The zero-order valence-corrected chi connectivity index (χ0v) is 15.4. The number of hydrogen-bond acceptors (Lipinski definition) is 6. The number of thiol groups is 1. The zero-order chi connectivity index (χ0) is 17.8. The highest BCUT2D eigenvalue weighted by molar-refractivity contribution is 7.70. The van der Waals surface area contributed by atoms with E-state index in [2.05, 4.69) is 26.5 Å². The fraction of sp³-hybridized carbons (Fsp3) is 0.529. The molecule has 0 bridgehead atoms. The van der Waals surface area contributed by atoms with Crippen molar-refractivity contribution in [2.24, 2.45) is 11.8 Å². The van der Waals surface area contributed by atoms with Crippen LogP contribution in [0.4, 0.5) is 5.82 Å². The minimum absolute atomic E-state index is 0.335. The van der Waals surface area contributed by atoms with E-state index in [1.54, 1.807) is 13.4 Å². The fourth-order valence-corrected chi connectivity index (χ4v) is 3.90. The van der Waals surface area contributed by atoms with Gasteiger partial charge in [0.2, 0.25) is 10.9 Å². The molecule has 0 saturated carbocycles. The molecule has 1 aliphatic heterocycles. The van der Waals surface area contributed by atoms with Crippen LogP contribution in [0.15, 0.2) is 24.5 Å². The summed E-state index contributed by atoms with van der Waals surface area (Å²) in [4.78, 5) is 11.1. The average molecular weight is 364 g/mol. The molecule has 1 atom stereocenters. The number of benzene rings is 1. The third-order valence-corrected chi connectivity index (χ3v) is 5.45. The minimum Gasteiger partial charge on any atom is -0.497 e. The molecule has 7 nitrogen and oxygen atoms in total. The van der Waals surface area contributed by atoms with Crippen molar-refractivity contribution in [2.45, 2.75) is 19.8 Å². The number of hydrogen-bond donors (Lipinski definition) is 2. The van der Waals surface area contributed by atoms with Crippen molar-refractivity contribution in [3.8, 4) is 5.75 Å². The second-order valence-corrected chi connectivity index (χ2v) is 7.33. The van der Waals surface area contributed by atoms with Crippen molar-refractivity contribution in [1.29, 1.82) is 0 Å². The Morgan fingerprint density at radius 2 is 2.08 bits per heavy atom. The summed E-state index contributed by atoms with van der Waals surface area (Å²) in [5.41, 5.74) is 0.878. The molecule has 2 heterocycles. The molecule has 1 N–H and O–H groups in total. The summed E-state index contributed by atoms with van der Waals surface area (Å²) in [5, 5.41) is 1.03. The first-order chi connectivity index (χ1) is 12.1. The van der Waals surface area contributed by atoms with Gasteiger partial charge in [0, 0.05) is 31.1 Å². The summed E-state index contributed by atoms with van der Waals surface area (Å²) < 4.78 is 29.2. The lowest BCUT2D eigenvalue weighted by molar-refractivity contribution is 0.293. The van der Waals surface area contributed by atoms with Crippen LogP contribution < -0.4 is 14.4 Å². The van der Waals surface area contributed by atoms with E-state index < -0.39 is 10.9 Å². The topological polar surface area (TPSA) is 84.4 Å². The lowest BCUT2D eigenvalue weighted by atomic mass is 9.85. The largest absolute Gasteiger partial charge is 0.497 e. The van der Waals surface area contributed by atoms with Gasteiger partial charge >= 0.3 is 0 Å². The number of anilines is 1. The van der Waals surface area contributed by atoms with Gasteiger partial charge < -0.3 is 9.64 Å². The van der Waals surface area contributed by atoms with Gasteiger partial charge in [-0.2, -0.15) is 0 Å². The fourth-order valence-electron chi connectivity index (χ4n) is 3.47. The molecule has 0 spiro atoms. The van der Waals surface area contributed by atoms with E-state index in [1.807, 2.05) is 18.2 Å². The first-order valence-corrected chi connectivity index (χ1v) is 9.68. The summed E-state index contributed by atoms with van der Waals surface area (Å²) >= 11 is 0. The summed E-state index contributed by atoms with van der Waals surface area (Å²) in [5.74, 6) is 2.60. The van der Waals surface area contributed by atoms with E-state index in [0.29, 0.717) is 18.4 Å². The number of piperidine rings is 1. The lowest BCUT2D eigenvalue weighted by Crippen LogP contribution is -2.38. The smallest absolute Gasteiger partial charge is 0.201 e. The highest BCUT2D eigenvalue weighted by atomic mass is 32.2. The Hall–Kier alpha value is -1.93. The molecule has 1 unspecified atom stereocenters. The van der Waals surface area contributed by atoms with E-state index in [-0.39, 0.29) is 0 Å². The molecule has 1 saturated heterocycles.